The molecule has 4 rings (SSSR count). The van der Waals surface area contributed by atoms with Crippen LogP contribution >= 0.6 is 11.6 Å². The van der Waals surface area contributed by atoms with E-state index < -0.39 is 0 Å². The fraction of sp³-hybridized carbons (Fsp3) is 0.524. The quantitative estimate of drug-likeness (QED) is 0.667. The Morgan fingerprint density at radius 1 is 1.36 bits per heavy atom. The van der Waals surface area contributed by atoms with E-state index in [9.17, 15) is 4.79 Å². The predicted molar refractivity (Wildman–Crippen MR) is 108 cm³/mol. The van der Waals surface area contributed by atoms with Crippen molar-refractivity contribution in [2.45, 2.75) is 51.4 Å². The molecule has 0 radical (unpaired) electrons. The summed E-state index contributed by atoms with van der Waals surface area (Å²) in [6.07, 6.45) is 8.66. The zero-order valence-electron chi connectivity index (χ0n) is 16.3. The molecule has 7 heteroatoms. The maximum absolute atomic E-state index is 12.7. The summed E-state index contributed by atoms with van der Waals surface area (Å²) in [5.74, 6) is 1.10. The van der Waals surface area contributed by atoms with Crippen LogP contribution in [0.3, 0.4) is 0 Å². The van der Waals surface area contributed by atoms with E-state index in [0.717, 1.165) is 50.2 Å². The minimum Gasteiger partial charge on any atom is -0.493 e. The van der Waals surface area contributed by atoms with E-state index in [1.165, 1.54) is 0 Å². The second kappa shape index (κ2) is 8.53. The average molecular weight is 403 g/mol. The molecule has 2 aromatic rings. The molecule has 2 aliphatic heterocycles. The molecule has 150 valence electrons. The van der Waals surface area contributed by atoms with Crippen LogP contribution in [0.25, 0.3) is 0 Å². The summed E-state index contributed by atoms with van der Waals surface area (Å²) < 4.78 is 8.11. The predicted octanol–water partition coefficient (Wildman–Crippen LogP) is 3.20. The topological polar surface area (TPSA) is 50.6 Å². The van der Waals surface area contributed by atoms with Gasteiger partial charge in [-0.1, -0.05) is 11.6 Å². The number of aromatic nitrogens is 2. The number of amides is 1. The first-order chi connectivity index (χ1) is 13.6. The highest BCUT2D eigenvalue weighted by Crippen LogP contribution is 2.30. The van der Waals surface area contributed by atoms with Crippen molar-refractivity contribution in [3.63, 3.8) is 0 Å². The van der Waals surface area contributed by atoms with Gasteiger partial charge < -0.3 is 14.2 Å². The molecular formula is C21H27ClN4O2. The smallest absolute Gasteiger partial charge is 0.239 e. The molecule has 6 nitrogen and oxygen atoms in total. The monoisotopic (exact) mass is 402 g/mol. The third-order valence-corrected chi connectivity index (χ3v) is 6.02. The summed E-state index contributed by atoms with van der Waals surface area (Å²) in [7, 11) is 0. The number of fused-ring (bicyclic) bond motifs is 1. The van der Waals surface area contributed by atoms with Crippen molar-refractivity contribution in [2.24, 2.45) is 0 Å². The van der Waals surface area contributed by atoms with Gasteiger partial charge in [-0.2, -0.15) is 0 Å². The number of piperazine rings is 1. The Labute approximate surface area is 171 Å². The molecule has 2 aliphatic rings. The van der Waals surface area contributed by atoms with Crippen LogP contribution in [0.5, 0.6) is 5.75 Å². The molecule has 2 fully saturated rings. The summed E-state index contributed by atoms with van der Waals surface area (Å²) in [5.41, 5.74) is 1.04. The van der Waals surface area contributed by atoms with E-state index in [1.807, 2.05) is 42.2 Å². The number of hydrogen-bond acceptors (Lipinski definition) is 4. The van der Waals surface area contributed by atoms with Crippen molar-refractivity contribution in [1.29, 1.82) is 0 Å². The Bertz CT molecular complexity index is 811. The first kappa shape index (κ1) is 19.3. The fourth-order valence-electron chi connectivity index (χ4n) is 4.22. The van der Waals surface area contributed by atoms with Gasteiger partial charge in [-0.3, -0.25) is 9.69 Å². The number of rotatable bonds is 7. The molecule has 0 saturated carbocycles. The molecule has 0 bridgehead atoms. The summed E-state index contributed by atoms with van der Waals surface area (Å²) in [6, 6.07) is 6.00. The number of aryl methyl sites for hydroxylation is 1. The fourth-order valence-corrected chi connectivity index (χ4v) is 4.42. The van der Waals surface area contributed by atoms with Gasteiger partial charge in [-0.25, -0.2) is 4.98 Å². The number of benzene rings is 1. The lowest BCUT2D eigenvalue weighted by molar-refractivity contribution is -0.143. The average Bonchev–Trinajstić information content (AvgIpc) is 3.36. The van der Waals surface area contributed by atoms with Gasteiger partial charge in [-0.05, 0) is 44.4 Å². The summed E-state index contributed by atoms with van der Waals surface area (Å²) in [4.78, 5) is 21.1. The molecular weight excluding hydrogens is 376 g/mol. The van der Waals surface area contributed by atoms with Gasteiger partial charge in [0.05, 0.1) is 19.0 Å². The molecule has 28 heavy (non-hydrogen) atoms. The van der Waals surface area contributed by atoms with Gasteiger partial charge in [0.25, 0.3) is 0 Å². The minimum atomic E-state index is -0.109. The van der Waals surface area contributed by atoms with Gasteiger partial charge in [0.1, 0.15) is 5.75 Å². The van der Waals surface area contributed by atoms with Crippen molar-refractivity contribution in [3.05, 3.63) is 47.5 Å². The van der Waals surface area contributed by atoms with Crippen LogP contribution in [0.15, 0.2) is 36.9 Å². The van der Waals surface area contributed by atoms with E-state index in [0.29, 0.717) is 24.2 Å². The van der Waals surface area contributed by atoms with E-state index >= 15 is 0 Å². The van der Waals surface area contributed by atoms with Crippen molar-refractivity contribution in [1.82, 2.24) is 19.4 Å². The van der Waals surface area contributed by atoms with Crippen molar-refractivity contribution < 1.29 is 9.53 Å². The molecule has 2 atom stereocenters. The lowest BCUT2D eigenvalue weighted by Gasteiger charge is -2.41. The van der Waals surface area contributed by atoms with Crippen LogP contribution in [0, 0.1) is 0 Å². The molecule has 1 amide bonds. The van der Waals surface area contributed by atoms with Gasteiger partial charge >= 0.3 is 0 Å². The number of carbonyl (C=O) groups excluding carboxylic acids is 1. The van der Waals surface area contributed by atoms with Crippen LogP contribution in [0.1, 0.15) is 31.7 Å². The highest BCUT2D eigenvalue weighted by Gasteiger charge is 2.40. The Morgan fingerprint density at radius 2 is 2.25 bits per heavy atom. The standard InChI is InChI=1S/C21H27ClN4O2/c1-16-21(27)26-9-2-4-19(26)14-25(16)13-17-12-18(22)5-6-20(17)28-11-3-8-24-10-7-23-15-24/h5-7,10,12,15-16,19H,2-4,8-9,11,13-14H2,1H3. The van der Waals surface area contributed by atoms with E-state index in [4.69, 9.17) is 16.3 Å². The largest absolute Gasteiger partial charge is 0.493 e. The van der Waals surface area contributed by atoms with Crippen LogP contribution in [0.2, 0.25) is 5.02 Å². The van der Waals surface area contributed by atoms with Crippen LogP contribution in [-0.4, -0.2) is 57.0 Å². The summed E-state index contributed by atoms with van der Waals surface area (Å²) >= 11 is 6.26. The zero-order chi connectivity index (χ0) is 19.5. The Morgan fingerprint density at radius 3 is 3.07 bits per heavy atom. The highest BCUT2D eigenvalue weighted by molar-refractivity contribution is 6.30. The summed E-state index contributed by atoms with van der Waals surface area (Å²) in [5, 5.41) is 0.694. The second-order valence-corrected chi connectivity index (χ2v) is 8.12. The van der Waals surface area contributed by atoms with Crippen LogP contribution < -0.4 is 4.74 Å². The van der Waals surface area contributed by atoms with Gasteiger partial charge in [0.2, 0.25) is 5.91 Å². The Hall–Kier alpha value is -2.05. The maximum atomic E-state index is 12.7. The molecule has 1 aromatic carbocycles. The van der Waals surface area contributed by atoms with Crippen LogP contribution in [0.4, 0.5) is 0 Å². The number of hydrogen-bond donors (Lipinski definition) is 0. The van der Waals surface area contributed by atoms with E-state index in [-0.39, 0.29) is 11.9 Å². The first-order valence-corrected chi connectivity index (χ1v) is 10.4. The molecule has 1 aromatic heterocycles. The summed E-state index contributed by atoms with van der Waals surface area (Å²) in [6.45, 7) is 6.00. The van der Waals surface area contributed by atoms with Crippen molar-refractivity contribution in [3.8, 4) is 5.75 Å². The first-order valence-electron chi connectivity index (χ1n) is 10.0. The Balaban J connectivity index is 1.40. The van der Waals surface area contributed by atoms with Gasteiger partial charge in [0, 0.05) is 55.2 Å². The molecule has 3 heterocycles. The molecule has 0 spiro atoms. The SMILES string of the molecule is CC1C(=O)N2CCCC2CN1Cc1cc(Cl)ccc1OCCCn1ccnc1. The lowest BCUT2D eigenvalue weighted by atomic mass is 10.1. The maximum Gasteiger partial charge on any atom is 0.239 e. The highest BCUT2D eigenvalue weighted by atomic mass is 35.5. The third-order valence-electron chi connectivity index (χ3n) is 5.78. The number of nitrogens with zero attached hydrogens (tertiary/aromatic N) is 4. The van der Waals surface area contributed by atoms with Gasteiger partial charge in [0.15, 0.2) is 0 Å². The van der Waals surface area contributed by atoms with Crippen molar-refractivity contribution in [2.75, 3.05) is 19.7 Å². The molecule has 0 aliphatic carbocycles. The number of halogens is 1. The normalized spacial score (nSPS) is 22.5. The number of imidazole rings is 1. The molecule has 2 unspecified atom stereocenters. The molecule has 2 saturated heterocycles. The van der Waals surface area contributed by atoms with Gasteiger partial charge in [-0.15, -0.1) is 0 Å². The minimum absolute atomic E-state index is 0.109. The van der Waals surface area contributed by atoms with Crippen LogP contribution in [-0.2, 0) is 17.9 Å². The zero-order valence-corrected chi connectivity index (χ0v) is 17.0. The lowest BCUT2D eigenvalue weighted by Crippen LogP contribution is -2.58. The molecule has 0 N–H and O–H groups in total. The van der Waals surface area contributed by atoms with E-state index in [1.54, 1.807) is 6.20 Å². The second-order valence-electron chi connectivity index (χ2n) is 7.69. The number of carbonyl (C=O) groups is 1. The van der Waals surface area contributed by atoms with Crippen molar-refractivity contribution >= 4 is 17.5 Å². The number of ether oxygens (including phenoxy) is 1. The Kier molecular flexibility index (Phi) is 5.87. The third kappa shape index (κ3) is 4.18. The van der Waals surface area contributed by atoms with E-state index in [2.05, 4.69) is 14.8 Å².